The van der Waals surface area contributed by atoms with Crippen molar-refractivity contribution in [2.75, 3.05) is 5.33 Å². The summed E-state index contributed by atoms with van der Waals surface area (Å²) in [4.78, 5) is 12.6. The molecule has 0 spiro atoms. The summed E-state index contributed by atoms with van der Waals surface area (Å²) in [7, 11) is 0. The Morgan fingerprint density at radius 2 is 2.00 bits per heavy atom. The molecule has 0 radical (unpaired) electrons. The molecular formula is C16H20BrNO. The van der Waals surface area contributed by atoms with Gasteiger partial charge in [-0.15, -0.1) is 0 Å². The van der Waals surface area contributed by atoms with Crippen LogP contribution in [0.1, 0.15) is 37.7 Å². The van der Waals surface area contributed by atoms with E-state index in [1.165, 1.54) is 18.4 Å². The molecule has 102 valence electrons. The third-order valence-corrected chi connectivity index (χ3v) is 5.52. The Balaban J connectivity index is 1.71. The van der Waals surface area contributed by atoms with Crippen molar-refractivity contribution in [3.8, 4) is 0 Å². The van der Waals surface area contributed by atoms with Crippen molar-refractivity contribution in [2.45, 2.75) is 43.6 Å². The predicted octanol–water partition coefficient (Wildman–Crippen LogP) is 3.40. The molecule has 1 aromatic rings. The van der Waals surface area contributed by atoms with Gasteiger partial charge in [-0.1, -0.05) is 52.7 Å². The lowest BCUT2D eigenvalue weighted by atomic mass is 9.94. The third-order valence-electron chi connectivity index (χ3n) is 4.68. The van der Waals surface area contributed by atoms with Gasteiger partial charge in [0.2, 0.25) is 5.91 Å². The molecule has 3 rings (SSSR count). The van der Waals surface area contributed by atoms with E-state index in [-0.39, 0.29) is 11.3 Å². The quantitative estimate of drug-likeness (QED) is 0.846. The van der Waals surface area contributed by atoms with Gasteiger partial charge in [0.15, 0.2) is 0 Å². The molecule has 2 fully saturated rings. The Morgan fingerprint density at radius 1 is 1.26 bits per heavy atom. The SMILES string of the molecule is O=C(NC1CCCC1CBr)C1(c2ccccc2)CC1. The monoisotopic (exact) mass is 321 g/mol. The lowest BCUT2D eigenvalue weighted by Crippen LogP contribution is -2.43. The number of carbonyl (C=O) groups is 1. The van der Waals surface area contributed by atoms with Crippen molar-refractivity contribution in [1.29, 1.82) is 0 Å². The standard InChI is InChI=1S/C16H20BrNO/c17-11-12-5-4-8-14(12)18-15(19)16(9-10-16)13-6-2-1-3-7-13/h1-3,6-7,12,14H,4-5,8-11H2,(H,18,19). The molecule has 2 saturated carbocycles. The maximum atomic E-state index is 12.6. The number of halogens is 1. The van der Waals surface area contributed by atoms with Crippen LogP contribution in [-0.2, 0) is 10.2 Å². The Morgan fingerprint density at radius 3 is 2.63 bits per heavy atom. The molecule has 2 aliphatic carbocycles. The largest absolute Gasteiger partial charge is 0.352 e. The van der Waals surface area contributed by atoms with Gasteiger partial charge in [0.1, 0.15) is 0 Å². The summed E-state index contributed by atoms with van der Waals surface area (Å²) in [5, 5.41) is 4.31. The number of alkyl halides is 1. The summed E-state index contributed by atoms with van der Waals surface area (Å²) in [5.41, 5.74) is 0.960. The van der Waals surface area contributed by atoms with Crippen molar-refractivity contribution >= 4 is 21.8 Å². The number of nitrogens with one attached hydrogen (secondary N) is 1. The van der Waals surface area contributed by atoms with Crippen molar-refractivity contribution in [3.05, 3.63) is 35.9 Å². The van der Waals surface area contributed by atoms with Crippen LogP contribution in [0, 0.1) is 5.92 Å². The minimum atomic E-state index is -0.222. The molecule has 1 N–H and O–H groups in total. The second-order valence-electron chi connectivity index (χ2n) is 5.87. The van der Waals surface area contributed by atoms with Crippen LogP contribution in [0.25, 0.3) is 0 Å². The fourth-order valence-corrected chi connectivity index (χ4v) is 4.02. The van der Waals surface area contributed by atoms with Crippen LogP contribution in [0.4, 0.5) is 0 Å². The van der Waals surface area contributed by atoms with E-state index in [1.54, 1.807) is 0 Å². The number of hydrogen-bond donors (Lipinski definition) is 1. The number of hydrogen-bond acceptors (Lipinski definition) is 1. The molecule has 1 amide bonds. The molecule has 19 heavy (non-hydrogen) atoms. The fraction of sp³-hybridized carbons (Fsp3) is 0.562. The molecule has 2 aliphatic rings. The third kappa shape index (κ3) is 2.45. The first-order chi connectivity index (χ1) is 9.26. The maximum absolute atomic E-state index is 12.6. The minimum Gasteiger partial charge on any atom is -0.352 e. The molecule has 2 nitrogen and oxygen atoms in total. The molecule has 3 heteroatoms. The zero-order valence-electron chi connectivity index (χ0n) is 11.1. The Labute approximate surface area is 123 Å². The van der Waals surface area contributed by atoms with Crippen LogP contribution in [0.3, 0.4) is 0 Å². The molecule has 0 saturated heterocycles. The normalized spacial score (nSPS) is 28.1. The van der Waals surface area contributed by atoms with Gasteiger partial charge in [-0.05, 0) is 37.2 Å². The van der Waals surface area contributed by atoms with E-state index in [0.717, 1.165) is 24.6 Å². The second kappa shape index (κ2) is 5.28. The Hall–Kier alpha value is -0.830. The number of rotatable bonds is 4. The molecule has 2 atom stereocenters. The molecular weight excluding hydrogens is 302 g/mol. The highest BCUT2D eigenvalue weighted by atomic mass is 79.9. The summed E-state index contributed by atoms with van der Waals surface area (Å²) in [6.45, 7) is 0. The van der Waals surface area contributed by atoms with Gasteiger partial charge >= 0.3 is 0 Å². The second-order valence-corrected chi connectivity index (χ2v) is 6.52. The van der Waals surface area contributed by atoms with E-state index >= 15 is 0 Å². The van der Waals surface area contributed by atoms with Crippen LogP contribution in [0.15, 0.2) is 30.3 Å². The lowest BCUT2D eigenvalue weighted by Gasteiger charge is -2.23. The number of carbonyl (C=O) groups excluding carboxylic acids is 1. The Bertz CT molecular complexity index is 455. The van der Waals surface area contributed by atoms with Crippen LogP contribution >= 0.6 is 15.9 Å². The topological polar surface area (TPSA) is 29.1 Å². The highest BCUT2D eigenvalue weighted by Gasteiger charge is 2.51. The first kappa shape index (κ1) is 13.2. The molecule has 1 aromatic carbocycles. The van der Waals surface area contributed by atoms with E-state index in [4.69, 9.17) is 0 Å². The maximum Gasteiger partial charge on any atom is 0.230 e. The van der Waals surface area contributed by atoms with Gasteiger partial charge in [-0.2, -0.15) is 0 Å². The van der Waals surface area contributed by atoms with Gasteiger partial charge in [-0.3, -0.25) is 4.79 Å². The molecule has 0 bridgehead atoms. The van der Waals surface area contributed by atoms with Gasteiger partial charge in [0.05, 0.1) is 5.41 Å². The molecule has 2 unspecified atom stereocenters. The summed E-state index contributed by atoms with van der Waals surface area (Å²) >= 11 is 3.57. The predicted molar refractivity (Wildman–Crippen MR) is 80.4 cm³/mol. The number of benzene rings is 1. The van der Waals surface area contributed by atoms with E-state index in [0.29, 0.717) is 12.0 Å². The van der Waals surface area contributed by atoms with E-state index in [2.05, 4.69) is 33.4 Å². The van der Waals surface area contributed by atoms with E-state index < -0.39 is 0 Å². The Kier molecular flexibility index (Phi) is 3.66. The highest BCUT2D eigenvalue weighted by Crippen LogP contribution is 2.48. The van der Waals surface area contributed by atoms with Crippen LogP contribution in [0.2, 0.25) is 0 Å². The lowest BCUT2D eigenvalue weighted by molar-refractivity contribution is -0.124. The van der Waals surface area contributed by atoms with Gasteiger partial charge in [0.25, 0.3) is 0 Å². The summed E-state index contributed by atoms with van der Waals surface area (Å²) in [5.74, 6) is 0.854. The highest BCUT2D eigenvalue weighted by molar-refractivity contribution is 9.09. The van der Waals surface area contributed by atoms with Crippen LogP contribution in [-0.4, -0.2) is 17.3 Å². The molecule has 0 aromatic heterocycles. The zero-order valence-corrected chi connectivity index (χ0v) is 12.7. The first-order valence-corrected chi connectivity index (χ1v) is 8.31. The van der Waals surface area contributed by atoms with Gasteiger partial charge in [-0.25, -0.2) is 0 Å². The summed E-state index contributed by atoms with van der Waals surface area (Å²) in [6.07, 6.45) is 5.59. The van der Waals surface area contributed by atoms with E-state index in [1.807, 2.05) is 18.2 Å². The van der Waals surface area contributed by atoms with E-state index in [9.17, 15) is 4.79 Å². The average Bonchev–Trinajstić information content (AvgIpc) is 3.15. The van der Waals surface area contributed by atoms with Crippen molar-refractivity contribution in [3.63, 3.8) is 0 Å². The molecule has 0 aliphatic heterocycles. The minimum absolute atomic E-state index is 0.222. The fourth-order valence-electron chi connectivity index (χ4n) is 3.25. The first-order valence-electron chi connectivity index (χ1n) is 7.19. The number of amides is 1. The average molecular weight is 322 g/mol. The van der Waals surface area contributed by atoms with Crippen molar-refractivity contribution in [1.82, 2.24) is 5.32 Å². The smallest absolute Gasteiger partial charge is 0.230 e. The van der Waals surface area contributed by atoms with Gasteiger partial charge < -0.3 is 5.32 Å². The van der Waals surface area contributed by atoms with Gasteiger partial charge in [0, 0.05) is 11.4 Å². The van der Waals surface area contributed by atoms with Crippen LogP contribution in [0.5, 0.6) is 0 Å². The summed E-state index contributed by atoms with van der Waals surface area (Å²) < 4.78 is 0. The van der Waals surface area contributed by atoms with Crippen molar-refractivity contribution in [2.24, 2.45) is 5.92 Å². The summed E-state index contributed by atoms with van der Waals surface area (Å²) in [6, 6.07) is 10.6. The molecule has 0 heterocycles. The van der Waals surface area contributed by atoms with Crippen LogP contribution < -0.4 is 5.32 Å². The van der Waals surface area contributed by atoms with Crippen molar-refractivity contribution < 1.29 is 4.79 Å². The zero-order chi connectivity index (χ0) is 13.3.